The smallest absolute Gasteiger partial charge is 0.341 e. The third kappa shape index (κ3) is 5.57. The second-order valence-electron chi connectivity index (χ2n) is 6.53. The van der Waals surface area contributed by atoms with Crippen molar-refractivity contribution >= 4 is 52.1 Å². The SMILES string of the molecule is N#C/C(=C/c1cc(Cl)c(OCC(=O)O)c(Cl)c1)C(=O)NCCc1c[nH]c2ccccc12. The first-order valence-corrected chi connectivity index (χ1v) is 9.93. The highest BCUT2D eigenvalue weighted by Crippen LogP contribution is 2.34. The molecule has 1 amide bonds. The molecule has 0 spiro atoms. The number of para-hydroxylation sites is 1. The van der Waals surface area contributed by atoms with E-state index in [1.54, 1.807) is 0 Å². The van der Waals surface area contributed by atoms with Gasteiger partial charge in [-0.2, -0.15) is 5.26 Å². The predicted octanol–water partition coefficient (Wildman–Crippen LogP) is 4.20. The summed E-state index contributed by atoms with van der Waals surface area (Å²) in [6, 6.07) is 12.6. The lowest BCUT2D eigenvalue weighted by atomic mass is 10.1. The topological polar surface area (TPSA) is 115 Å². The molecule has 0 aliphatic rings. The molecule has 3 rings (SSSR count). The van der Waals surface area contributed by atoms with E-state index in [-0.39, 0.29) is 21.4 Å². The van der Waals surface area contributed by atoms with Crippen LogP contribution in [0.25, 0.3) is 17.0 Å². The molecule has 3 N–H and O–H groups in total. The van der Waals surface area contributed by atoms with E-state index in [0.717, 1.165) is 16.5 Å². The van der Waals surface area contributed by atoms with E-state index in [1.165, 1.54) is 18.2 Å². The van der Waals surface area contributed by atoms with E-state index in [2.05, 4.69) is 10.3 Å². The molecule has 31 heavy (non-hydrogen) atoms. The second kappa shape index (κ2) is 10.0. The summed E-state index contributed by atoms with van der Waals surface area (Å²) in [5, 5.41) is 22.0. The van der Waals surface area contributed by atoms with Gasteiger partial charge in [0.15, 0.2) is 12.4 Å². The molecule has 9 heteroatoms. The lowest BCUT2D eigenvalue weighted by molar-refractivity contribution is -0.139. The third-order valence-corrected chi connectivity index (χ3v) is 4.95. The number of halogens is 2. The molecular weight excluding hydrogens is 441 g/mol. The zero-order valence-corrected chi connectivity index (χ0v) is 17.6. The number of fused-ring (bicyclic) bond motifs is 1. The molecule has 0 unspecified atom stereocenters. The molecule has 158 valence electrons. The molecule has 1 aromatic heterocycles. The van der Waals surface area contributed by atoms with Crippen molar-refractivity contribution in [2.24, 2.45) is 0 Å². The van der Waals surface area contributed by atoms with Crippen molar-refractivity contribution in [1.29, 1.82) is 5.26 Å². The number of ether oxygens (including phenoxy) is 1. The quantitative estimate of drug-likeness (QED) is 0.346. The number of aromatic nitrogens is 1. The van der Waals surface area contributed by atoms with Crippen molar-refractivity contribution in [1.82, 2.24) is 10.3 Å². The summed E-state index contributed by atoms with van der Waals surface area (Å²) in [7, 11) is 0. The number of H-pyrrole nitrogens is 1. The Bertz CT molecular complexity index is 1190. The molecule has 7 nitrogen and oxygen atoms in total. The molecule has 0 fully saturated rings. The highest BCUT2D eigenvalue weighted by molar-refractivity contribution is 6.37. The predicted molar refractivity (Wildman–Crippen MR) is 118 cm³/mol. The molecule has 0 saturated heterocycles. The van der Waals surface area contributed by atoms with Gasteiger partial charge >= 0.3 is 5.97 Å². The molecule has 2 aromatic carbocycles. The number of amides is 1. The lowest BCUT2D eigenvalue weighted by Crippen LogP contribution is -2.26. The van der Waals surface area contributed by atoms with E-state index < -0.39 is 18.5 Å². The Kier molecular flexibility index (Phi) is 7.19. The maximum atomic E-state index is 12.4. The molecule has 3 aromatic rings. The molecule has 0 radical (unpaired) electrons. The number of nitrogens with zero attached hydrogens (tertiary/aromatic N) is 1. The van der Waals surface area contributed by atoms with Gasteiger partial charge in [-0.3, -0.25) is 4.79 Å². The standard InChI is InChI=1S/C22H17Cl2N3O4/c23-17-8-13(9-18(24)21(17)31-12-20(28)29)7-15(10-25)22(30)26-6-5-14-11-27-19-4-2-1-3-16(14)19/h1-4,7-9,11,27H,5-6,12H2,(H,26,30)(H,28,29)/b15-7-. The Labute approximate surface area is 187 Å². The number of benzene rings is 2. The first-order chi connectivity index (χ1) is 14.9. The fraction of sp³-hybridized carbons (Fsp3) is 0.136. The number of carbonyl (C=O) groups excluding carboxylic acids is 1. The van der Waals surface area contributed by atoms with Crippen LogP contribution in [0.5, 0.6) is 5.75 Å². The average Bonchev–Trinajstić information content (AvgIpc) is 3.14. The van der Waals surface area contributed by atoms with E-state index in [1.807, 2.05) is 36.5 Å². The molecular formula is C22H17Cl2N3O4. The lowest BCUT2D eigenvalue weighted by Gasteiger charge is -2.09. The first-order valence-electron chi connectivity index (χ1n) is 9.17. The number of hydrogen-bond acceptors (Lipinski definition) is 4. The van der Waals surface area contributed by atoms with Gasteiger partial charge < -0.3 is 20.1 Å². The van der Waals surface area contributed by atoms with Crippen LogP contribution >= 0.6 is 23.2 Å². The minimum atomic E-state index is -1.17. The molecule has 0 bridgehead atoms. The number of aromatic amines is 1. The summed E-state index contributed by atoms with van der Waals surface area (Å²) in [4.78, 5) is 26.2. The Morgan fingerprint density at radius 3 is 2.61 bits per heavy atom. The average molecular weight is 458 g/mol. The number of rotatable bonds is 8. The van der Waals surface area contributed by atoms with Crippen molar-refractivity contribution < 1.29 is 19.4 Å². The normalized spacial score (nSPS) is 11.2. The van der Waals surface area contributed by atoms with Gasteiger partial charge in [0.05, 0.1) is 10.0 Å². The molecule has 0 saturated carbocycles. The van der Waals surface area contributed by atoms with Crippen LogP contribution in [0.1, 0.15) is 11.1 Å². The van der Waals surface area contributed by atoms with Crippen LogP contribution in [0.2, 0.25) is 10.0 Å². The first kappa shape index (κ1) is 22.2. The maximum Gasteiger partial charge on any atom is 0.341 e. The van der Waals surface area contributed by atoms with Crippen LogP contribution in [-0.2, 0) is 16.0 Å². The fourth-order valence-electron chi connectivity index (χ4n) is 2.99. The Morgan fingerprint density at radius 1 is 1.23 bits per heavy atom. The summed E-state index contributed by atoms with van der Waals surface area (Å²) in [6.45, 7) is -0.250. The van der Waals surface area contributed by atoms with Crippen molar-refractivity contribution in [3.05, 3.63) is 69.3 Å². The summed E-state index contributed by atoms with van der Waals surface area (Å²) < 4.78 is 5.05. The Balaban J connectivity index is 1.67. The van der Waals surface area contributed by atoms with Crippen LogP contribution in [0.15, 0.2) is 48.2 Å². The molecule has 1 heterocycles. The van der Waals surface area contributed by atoms with E-state index in [0.29, 0.717) is 18.5 Å². The monoisotopic (exact) mass is 457 g/mol. The Hall–Kier alpha value is -3.47. The summed E-state index contributed by atoms with van der Waals surface area (Å²) >= 11 is 12.2. The fourth-order valence-corrected chi connectivity index (χ4v) is 3.61. The van der Waals surface area contributed by atoms with Crippen LogP contribution in [0.4, 0.5) is 0 Å². The molecule has 0 aliphatic carbocycles. The van der Waals surface area contributed by atoms with Crippen molar-refractivity contribution in [3.63, 3.8) is 0 Å². The third-order valence-electron chi connectivity index (χ3n) is 4.39. The minimum absolute atomic E-state index is 0.0181. The minimum Gasteiger partial charge on any atom is -0.479 e. The van der Waals surface area contributed by atoms with Gasteiger partial charge in [-0.25, -0.2) is 4.79 Å². The van der Waals surface area contributed by atoms with Gasteiger partial charge in [-0.1, -0.05) is 41.4 Å². The Morgan fingerprint density at radius 2 is 1.94 bits per heavy atom. The van der Waals surface area contributed by atoms with Crippen LogP contribution in [-0.4, -0.2) is 35.1 Å². The van der Waals surface area contributed by atoms with Crippen molar-refractivity contribution in [2.75, 3.05) is 13.2 Å². The summed E-state index contributed by atoms with van der Waals surface area (Å²) in [6.07, 6.45) is 3.84. The number of carboxylic acids is 1. The number of nitrogens with one attached hydrogen (secondary N) is 2. The van der Waals surface area contributed by atoms with E-state index in [9.17, 15) is 14.9 Å². The van der Waals surface area contributed by atoms with E-state index in [4.69, 9.17) is 33.0 Å². The number of aliphatic carboxylic acids is 1. The molecule has 0 aliphatic heterocycles. The number of carbonyl (C=O) groups is 2. The highest BCUT2D eigenvalue weighted by atomic mass is 35.5. The number of carboxylic acid groups (broad SMARTS) is 1. The van der Waals surface area contributed by atoms with Gasteiger partial charge in [0.25, 0.3) is 5.91 Å². The van der Waals surface area contributed by atoms with Gasteiger partial charge in [0.1, 0.15) is 11.6 Å². The van der Waals surface area contributed by atoms with Crippen molar-refractivity contribution in [3.8, 4) is 11.8 Å². The molecule has 0 atom stereocenters. The van der Waals surface area contributed by atoms with E-state index >= 15 is 0 Å². The number of hydrogen-bond donors (Lipinski definition) is 3. The van der Waals surface area contributed by atoms with Gasteiger partial charge in [0, 0.05) is 23.6 Å². The van der Waals surface area contributed by atoms with Gasteiger partial charge in [-0.15, -0.1) is 0 Å². The zero-order valence-electron chi connectivity index (χ0n) is 16.1. The number of nitriles is 1. The second-order valence-corrected chi connectivity index (χ2v) is 7.35. The van der Waals surface area contributed by atoms with Crippen LogP contribution in [0.3, 0.4) is 0 Å². The maximum absolute atomic E-state index is 12.4. The summed E-state index contributed by atoms with van der Waals surface area (Å²) in [5.74, 6) is -1.68. The van der Waals surface area contributed by atoms with Crippen LogP contribution < -0.4 is 10.1 Å². The van der Waals surface area contributed by atoms with Crippen LogP contribution in [0, 0.1) is 11.3 Å². The summed E-state index contributed by atoms with van der Waals surface area (Å²) in [5.41, 5.74) is 2.37. The highest BCUT2D eigenvalue weighted by Gasteiger charge is 2.14. The van der Waals surface area contributed by atoms with Gasteiger partial charge in [0.2, 0.25) is 0 Å². The van der Waals surface area contributed by atoms with Gasteiger partial charge in [-0.05, 0) is 41.8 Å². The largest absolute Gasteiger partial charge is 0.479 e. The zero-order chi connectivity index (χ0) is 22.4. The van der Waals surface area contributed by atoms with Crippen molar-refractivity contribution in [2.45, 2.75) is 6.42 Å².